The summed E-state index contributed by atoms with van der Waals surface area (Å²) in [6.45, 7) is 3.92. The lowest BCUT2D eigenvalue weighted by atomic mass is 10.1. The molecule has 1 aliphatic rings. The molecule has 1 saturated heterocycles. The van der Waals surface area contributed by atoms with Crippen LogP contribution in [0.1, 0.15) is 34.9 Å². The first-order valence-electron chi connectivity index (χ1n) is 7.89. The molecule has 0 spiro atoms. The van der Waals surface area contributed by atoms with Gasteiger partial charge in [0.2, 0.25) is 0 Å². The zero-order valence-corrected chi connectivity index (χ0v) is 14.7. The molecule has 0 saturated carbocycles. The second-order valence-corrected chi connectivity index (χ2v) is 5.84. The van der Waals surface area contributed by atoms with Gasteiger partial charge in [-0.25, -0.2) is 0 Å². The van der Waals surface area contributed by atoms with Gasteiger partial charge in [0.15, 0.2) is 5.69 Å². The third-order valence-corrected chi connectivity index (χ3v) is 4.09. The average Bonchev–Trinajstić information content (AvgIpc) is 3.06. The highest BCUT2D eigenvalue weighted by Crippen LogP contribution is 2.25. The Morgan fingerprint density at radius 3 is 2.96 bits per heavy atom. The number of nitrogens with zero attached hydrogens (tertiary/aromatic N) is 2. The van der Waals surface area contributed by atoms with Gasteiger partial charge in [0.25, 0.3) is 5.91 Å². The van der Waals surface area contributed by atoms with Crippen LogP contribution < -0.4 is 15.4 Å². The van der Waals surface area contributed by atoms with Crippen molar-refractivity contribution in [2.24, 2.45) is 0 Å². The third-order valence-electron chi connectivity index (χ3n) is 4.09. The van der Waals surface area contributed by atoms with Crippen molar-refractivity contribution >= 4 is 24.0 Å². The largest absolute Gasteiger partial charge is 0.495 e. The molecule has 1 aliphatic heterocycles. The van der Waals surface area contributed by atoms with E-state index in [4.69, 9.17) is 4.74 Å². The van der Waals surface area contributed by atoms with E-state index in [0.29, 0.717) is 23.2 Å². The Morgan fingerprint density at radius 2 is 2.25 bits per heavy atom. The predicted octanol–water partition coefficient (Wildman–Crippen LogP) is 2.80. The van der Waals surface area contributed by atoms with Crippen LogP contribution in [0.3, 0.4) is 0 Å². The molecule has 0 bridgehead atoms. The molecule has 1 atom stereocenters. The first kappa shape index (κ1) is 18.3. The van der Waals surface area contributed by atoms with Crippen molar-refractivity contribution in [1.82, 2.24) is 15.1 Å². The Kier molecular flexibility index (Phi) is 6.23. The van der Waals surface area contributed by atoms with Gasteiger partial charge in [-0.15, -0.1) is 12.4 Å². The van der Waals surface area contributed by atoms with Gasteiger partial charge in [0.05, 0.1) is 18.8 Å². The van der Waals surface area contributed by atoms with Crippen LogP contribution in [0, 0.1) is 6.92 Å². The van der Waals surface area contributed by atoms with E-state index in [9.17, 15) is 4.79 Å². The maximum Gasteiger partial charge on any atom is 0.276 e. The number of aryl methyl sites for hydroxylation is 1. The van der Waals surface area contributed by atoms with Gasteiger partial charge in [0.1, 0.15) is 5.75 Å². The molecular formula is C17H23ClN4O2. The number of aromatic nitrogens is 2. The quantitative estimate of drug-likeness (QED) is 0.889. The third kappa shape index (κ3) is 4.07. The van der Waals surface area contributed by atoms with Gasteiger partial charge in [0, 0.05) is 12.7 Å². The van der Waals surface area contributed by atoms with Crippen molar-refractivity contribution in [3.63, 3.8) is 0 Å². The number of hydrogen-bond donors (Lipinski definition) is 2. The molecule has 2 aromatic rings. The number of methoxy groups -OCH3 is 1. The van der Waals surface area contributed by atoms with Crippen molar-refractivity contribution in [2.45, 2.75) is 25.8 Å². The van der Waals surface area contributed by atoms with E-state index in [-0.39, 0.29) is 18.3 Å². The standard InChI is InChI=1S/C17H22N4O2.ClH/c1-12-5-6-16(23-2)15(10-12)19-17(22)14-7-9-21(20-14)13-4-3-8-18-11-13;/h5-7,9-10,13,18H,3-4,8,11H2,1-2H3,(H,19,22);1H. The van der Waals surface area contributed by atoms with E-state index in [0.717, 1.165) is 31.5 Å². The molecule has 24 heavy (non-hydrogen) atoms. The number of amides is 1. The smallest absolute Gasteiger partial charge is 0.276 e. The van der Waals surface area contributed by atoms with Gasteiger partial charge in [-0.2, -0.15) is 5.10 Å². The SMILES string of the molecule is COc1ccc(C)cc1NC(=O)c1ccn(C2CCCNC2)n1.Cl. The summed E-state index contributed by atoms with van der Waals surface area (Å²) in [5.74, 6) is 0.413. The number of rotatable bonds is 4. The number of nitrogens with one attached hydrogen (secondary N) is 2. The Labute approximate surface area is 148 Å². The second kappa shape index (κ2) is 8.17. The minimum atomic E-state index is -0.226. The lowest BCUT2D eigenvalue weighted by Crippen LogP contribution is -2.32. The summed E-state index contributed by atoms with van der Waals surface area (Å²) in [5.41, 5.74) is 2.13. The van der Waals surface area contributed by atoms with E-state index in [1.807, 2.05) is 36.0 Å². The zero-order valence-electron chi connectivity index (χ0n) is 13.9. The summed E-state index contributed by atoms with van der Waals surface area (Å²) in [6.07, 6.45) is 4.09. The monoisotopic (exact) mass is 350 g/mol. The van der Waals surface area contributed by atoms with E-state index in [2.05, 4.69) is 15.7 Å². The number of carbonyl (C=O) groups is 1. The van der Waals surface area contributed by atoms with E-state index >= 15 is 0 Å². The number of benzene rings is 1. The summed E-state index contributed by atoms with van der Waals surface area (Å²) in [7, 11) is 1.59. The highest BCUT2D eigenvalue weighted by atomic mass is 35.5. The van der Waals surface area contributed by atoms with Crippen molar-refractivity contribution in [3.8, 4) is 5.75 Å². The number of piperidine rings is 1. The highest BCUT2D eigenvalue weighted by Gasteiger charge is 2.18. The maximum absolute atomic E-state index is 12.4. The van der Waals surface area contributed by atoms with E-state index in [1.54, 1.807) is 13.2 Å². The van der Waals surface area contributed by atoms with Crippen molar-refractivity contribution < 1.29 is 9.53 Å². The molecule has 2 heterocycles. The fourth-order valence-electron chi connectivity index (χ4n) is 2.83. The highest BCUT2D eigenvalue weighted by molar-refractivity contribution is 6.03. The van der Waals surface area contributed by atoms with Crippen LogP contribution in [-0.4, -0.2) is 35.9 Å². The molecule has 1 aromatic heterocycles. The van der Waals surface area contributed by atoms with Gasteiger partial charge in [-0.3, -0.25) is 9.48 Å². The van der Waals surface area contributed by atoms with Crippen LogP contribution in [-0.2, 0) is 0 Å². The Hall–Kier alpha value is -2.05. The molecule has 1 fully saturated rings. The van der Waals surface area contributed by atoms with Crippen LogP contribution >= 0.6 is 12.4 Å². The van der Waals surface area contributed by atoms with Crippen LogP contribution in [0.4, 0.5) is 5.69 Å². The lowest BCUT2D eigenvalue weighted by Gasteiger charge is -2.22. The molecule has 2 N–H and O–H groups in total. The molecule has 1 aromatic carbocycles. The summed E-state index contributed by atoms with van der Waals surface area (Å²) in [4.78, 5) is 12.4. The average molecular weight is 351 g/mol. The van der Waals surface area contributed by atoms with Crippen molar-refractivity contribution in [3.05, 3.63) is 41.7 Å². The van der Waals surface area contributed by atoms with Crippen LogP contribution in [0.25, 0.3) is 0 Å². The molecule has 3 rings (SSSR count). The number of ether oxygens (including phenoxy) is 1. The molecule has 7 heteroatoms. The first-order chi connectivity index (χ1) is 11.2. The second-order valence-electron chi connectivity index (χ2n) is 5.84. The zero-order chi connectivity index (χ0) is 16.2. The van der Waals surface area contributed by atoms with Crippen molar-refractivity contribution in [1.29, 1.82) is 0 Å². The summed E-state index contributed by atoms with van der Waals surface area (Å²) in [5, 5.41) is 10.7. The summed E-state index contributed by atoms with van der Waals surface area (Å²) >= 11 is 0. The van der Waals surface area contributed by atoms with Crippen LogP contribution in [0.15, 0.2) is 30.5 Å². The Morgan fingerprint density at radius 1 is 1.42 bits per heavy atom. The van der Waals surface area contributed by atoms with E-state index < -0.39 is 0 Å². The Bertz CT molecular complexity index is 696. The molecule has 130 valence electrons. The molecule has 1 amide bonds. The van der Waals surface area contributed by atoms with E-state index in [1.165, 1.54) is 0 Å². The summed E-state index contributed by atoms with van der Waals surface area (Å²) < 4.78 is 7.17. The van der Waals surface area contributed by atoms with Gasteiger partial charge in [-0.1, -0.05) is 6.07 Å². The summed E-state index contributed by atoms with van der Waals surface area (Å²) in [6, 6.07) is 7.75. The lowest BCUT2D eigenvalue weighted by molar-refractivity contribution is 0.102. The maximum atomic E-state index is 12.4. The molecule has 6 nitrogen and oxygen atoms in total. The molecule has 0 aliphatic carbocycles. The van der Waals surface area contributed by atoms with Gasteiger partial charge >= 0.3 is 0 Å². The minimum absolute atomic E-state index is 0. The first-order valence-corrected chi connectivity index (χ1v) is 7.89. The number of hydrogen-bond acceptors (Lipinski definition) is 4. The topological polar surface area (TPSA) is 68.2 Å². The number of carbonyl (C=O) groups excluding carboxylic acids is 1. The predicted molar refractivity (Wildman–Crippen MR) is 96.3 cm³/mol. The molecule has 0 radical (unpaired) electrons. The minimum Gasteiger partial charge on any atom is -0.495 e. The van der Waals surface area contributed by atoms with Crippen LogP contribution in [0.2, 0.25) is 0 Å². The fourth-order valence-corrected chi connectivity index (χ4v) is 2.83. The normalized spacial score (nSPS) is 17.0. The number of halogens is 1. The molecule has 1 unspecified atom stereocenters. The molecular weight excluding hydrogens is 328 g/mol. The van der Waals surface area contributed by atoms with Gasteiger partial charge < -0.3 is 15.4 Å². The number of anilines is 1. The van der Waals surface area contributed by atoms with Gasteiger partial charge in [-0.05, 0) is 50.1 Å². The van der Waals surface area contributed by atoms with Crippen molar-refractivity contribution in [2.75, 3.05) is 25.5 Å². The van der Waals surface area contributed by atoms with Crippen LogP contribution in [0.5, 0.6) is 5.75 Å². The Balaban J connectivity index is 0.00000208. The fraction of sp³-hybridized carbons (Fsp3) is 0.412.